The molecule has 1 amide bonds. The number of aromatic nitrogens is 1. The second kappa shape index (κ2) is 8.20. The van der Waals surface area contributed by atoms with Crippen molar-refractivity contribution in [3.8, 4) is 0 Å². The predicted molar refractivity (Wildman–Crippen MR) is 106 cm³/mol. The molecule has 0 aliphatic carbocycles. The Morgan fingerprint density at radius 2 is 1.93 bits per heavy atom. The second-order valence-corrected chi connectivity index (χ2v) is 7.92. The van der Waals surface area contributed by atoms with Crippen LogP contribution in [0, 0.1) is 5.92 Å². The molecule has 0 spiro atoms. The summed E-state index contributed by atoms with van der Waals surface area (Å²) in [5, 5.41) is 14.2. The lowest BCUT2D eigenvalue weighted by Gasteiger charge is -2.30. The molecule has 2 aliphatic rings. The number of carbonyl (C=O) groups excluding carboxylic acids is 1. The summed E-state index contributed by atoms with van der Waals surface area (Å²) in [5.41, 5.74) is 3.04. The van der Waals surface area contributed by atoms with Gasteiger partial charge in [-0.1, -0.05) is 5.16 Å². The van der Waals surface area contributed by atoms with Gasteiger partial charge in [0.15, 0.2) is 11.9 Å². The van der Waals surface area contributed by atoms with Crippen LogP contribution in [0.25, 0.3) is 11.0 Å². The number of hydrogen-bond acceptors (Lipinski definition) is 5. The molecule has 0 atom stereocenters. The standard InChI is InChI=1S/C21H27N3O4/c25-14-17-19(23-10-2-1-3-11-23)7-5-16-18(22-28-20(16)17)6-4-15-8-12-24(13-9-15)21(26)27/h5,7,14-15H,1-4,6,8-13H2,(H,26,27). The summed E-state index contributed by atoms with van der Waals surface area (Å²) in [4.78, 5) is 26.6. The highest BCUT2D eigenvalue weighted by Gasteiger charge is 2.24. The van der Waals surface area contributed by atoms with Crippen molar-refractivity contribution in [3.63, 3.8) is 0 Å². The Morgan fingerprint density at radius 3 is 2.61 bits per heavy atom. The maximum Gasteiger partial charge on any atom is 0.407 e. The lowest BCUT2D eigenvalue weighted by atomic mass is 9.91. The maximum atomic E-state index is 11.8. The Labute approximate surface area is 164 Å². The van der Waals surface area contributed by atoms with Crippen molar-refractivity contribution in [3.05, 3.63) is 23.4 Å². The van der Waals surface area contributed by atoms with Crippen LogP contribution in [-0.2, 0) is 6.42 Å². The minimum absolute atomic E-state index is 0.500. The van der Waals surface area contributed by atoms with Crippen LogP contribution in [0.4, 0.5) is 10.5 Å². The summed E-state index contributed by atoms with van der Waals surface area (Å²) in [5.74, 6) is 0.500. The number of carboxylic acid groups (broad SMARTS) is 1. The van der Waals surface area contributed by atoms with Crippen molar-refractivity contribution in [2.45, 2.75) is 44.9 Å². The van der Waals surface area contributed by atoms with Gasteiger partial charge in [-0.15, -0.1) is 0 Å². The molecule has 3 heterocycles. The molecule has 0 unspecified atom stereocenters. The molecule has 4 rings (SSSR count). The highest BCUT2D eigenvalue weighted by atomic mass is 16.5. The summed E-state index contributed by atoms with van der Waals surface area (Å²) in [7, 11) is 0. The van der Waals surface area contributed by atoms with Crippen molar-refractivity contribution in [1.82, 2.24) is 10.1 Å². The first-order valence-corrected chi connectivity index (χ1v) is 10.3. The molecule has 1 aromatic carbocycles. The van der Waals surface area contributed by atoms with Crippen molar-refractivity contribution in [2.75, 3.05) is 31.1 Å². The van der Waals surface area contributed by atoms with Crippen LogP contribution in [0.3, 0.4) is 0 Å². The van der Waals surface area contributed by atoms with Gasteiger partial charge in [0.2, 0.25) is 0 Å². The average molecular weight is 385 g/mol. The highest BCUT2D eigenvalue weighted by molar-refractivity contribution is 6.01. The van der Waals surface area contributed by atoms with E-state index in [0.717, 1.165) is 74.7 Å². The summed E-state index contributed by atoms with van der Waals surface area (Å²) < 4.78 is 5.60. The van der Waals surface area contributed by atoms with Gasteiger partial charge in [0.25, 0.3) is 0 Å². The van der Waals surface area contributed by atoms with Crippen LogP contribution in [-0.4, -0.2) is 53.7 Å². The lowest BCUT2D eigenvalue weighted by molar-refractivity contribution is 0.112. The van der Waals surface area contributed by atoms with E-state index in [2.05, 4.69) is 10.1 Å². The summed E-state index contributed by atoms with van der Waals surface area (Å²) in [6.45, 7) is 3.16. The van der Waals surface area contributed by atoms with E-state index in [4.69, 9.17) is 9.63 Å². The molecule has 7 heteroatoms. The van der Waals surface area contributed by atoms with E-state index in [9.17, 15) is 9.59 Å². The third-order valence-electron chi connectivity index (χ3n) is 6.22. The van der Waals surface area contributed by atoms with Crippen molar-refractivity contribution in [2.24, 2.45) is 5.92 Å². The van der Waals surface area contributed by atoms with Gasteiger partial charge in [-0.05, 0) is 63.0 Å². The summed E-state index contributed by atoms with van der Waals surface area (Å²) in [6.07, 6.45) is 7.13. The van der Waals surface area contributed by atoms with Gasteiger partial charge in [-0.25, -0.2) is 4.79 Å². The van der Waals surface area contributed by atoms with E-state index in [1.54, 1.807) is 0 Å². The molecule has 0 radical (unpaired) electrons. The van der Waals surface area contributed by atoms with Gasteiger partial charge in [-0.2, -0.15) is 0 Å². The Balaban J connectivity index is 1.47. The lowest BCUT2D eigenvalue weighted by Crippen LogP contribution is -2.37. The first kappa shape index (κ1) is 18.8. The van der Waals surface area contributed by atoms with Crippen LogP contribution in [0.5, 0.6) is 0 Å². The average Bonchev–Trinajstić information content (AvgIpc) is 3.15. The highest BCUT2D eigenvalue weighted by Crippen LogP contribution is 2.32. The number of aryl methyl sites for hydroxylation is 1. The quantitative estimate of drug-likeness (QED) is 0.784. The van der Waals surface area contributed by atoms with Crippen LogP contribution in [0.1, 0.15) is 54.6 Å². The van der Waals surface area contributed by atoms with E-state index in [-0.39, 0.29) is 0 Å². The smallest absolute Gasteiger partial charge is 0.407 e. The number of fused-ring (bicyclic) bond motifs is 1. The van der Waals surface area contributed by atoms with Crippen molar-refractivity contribution in [1.29, 1.82) is 0 Å². The zero-order valence-corrected chi connectivity index (χ0v) is 16.1. The van der Waals surface area contributed by atoms with Crippen molar-refractivity contribution < 1.29 is 19.2 Å². The fourth-order valence-corrected chi connectivity index (χ4v) is 4.52. The Kier molecular flexibility index (Phi) is 5.50. The summed E-state index contributed by atoms with van der Waals surface area (Å²) >= 11 is 0. The van der Waals surface area contributed by atoms with Crippen LogP contribution in [0.2, 0.25) is 0 Å². The maximum absolute atomic E-state index is 11.8. The predicted octanol–water partition coefficient (Wildman–Crippen LogP) is 3.95. The number of rotatable bonds is 5. The third-order valence-corrected chi connectivity index (χ3v) is 6.22. The van der Waals surface area contributed by atoms with Crippen LogP contribution >= 0.6 is 0 Å². The molecule has 2 fully saturated rings. The number of benzene rings is 1. The largest absolute Gasteiger partial charge is 0.465 e. The van der Waals surface area contributed by atoms with Gasteiger partial charge in [0.1, 0.15) is 0 Å². The Bertz CT molecular complexity index is 849. The molecule has 1 N–H and O–H groups in total. The molecule has 2 aliphatic heterocycles. The Hall–Kier alpha value is -2.57. The zero-order valence-electron chi connectivity index (χ0n) is 16.1. The second-order valence-electron chi connectivity index (χ2n) is 7.92. The molecule has 7 nitrogen and oxygen atoms in total. The minimum atomic E-state index is -0.827. The van der Waals surface area contributed by atoms with E-state index in [0.29, 0.717) is 30.2 Å². The van der Waals surface area contributed by atoms with Gasteiger partial charge in [-0.3, -0.25) is 4.79 Å². The molecule has 1 aromatic heterocycles. The normalized spacial score (nSPS) is 18.6. The fraction of sp³-hybridized carbons (Fsp3) is 0.571. The minimum Gasteiger partial charge on any atom is -0.465 e. The van der Waals surface area contributed by atoms with Gasteiger partial charge >= 0.3 is 6.09 Å². The molecule has 0 bridgehead atoms. The van der Waals surface area contributed by atoms with E-state index in [1.807, 2.05) is 12.1 Å². The molecule has 2 saturated heterocycles. The van der Waals surface area contributed by atoms with E-state index >= 15 is 0 Å². The molecular weight excluding hydrogens is 358 g/mol. The molecular formula is C21H27N3O4. The van der Waals surface area contributed by atoms with Gasteiger partial charge < -0.3 is 19.4 Å². The van der Waals surface area contributed by atoms with Gasteiger partial charge in [0, 0.05) is 31.6 Å². The molecule has 28 heavy (non-hydrogen) atoms. The monoisotopic (exact) mass is 385 g/mol. The third kappa shape index (κ3) is 3.70. The first-order valence-electron chi connectivity index (χ1n) is 10.3. The number of aldehydes is 1. The number of carbonyl (C=O) groups is 2. The number of likely N-dealkylation sites (tertiary alicyclic amines) is 1. The molecule has 150 valence electrons. The molecule has 0 saturated carbocycles. The Morgan fingerprint density at radius 1 is 1.18 bits per heavy atom. The van der Waals surface area contributed by atoms with E-state index in [1.165, 1.54) is 11.3 Å². The number of anilines is 1. The van der Waals surface area contributed by atoms with Gasteiger partial charge in [0.05, 0.1) is 16.9 Å². The summed E-state index contributed by atoms with van der Waals surface area (Å²) in [6, 6.07) is 4.06. The number of nitrogens with zero attached hydrogens (tertiary/aromatic N) is 3. The van der Waals surface area contributed by atoms with Crippen molar-refractivity contribution >= 4 is 29.0 Å². The number of piperidine rings is 2. The van der Waals surface area contributed by atoms with Crippen LogP contribution in [0.15, 0.2) is 16.7 Å². The SMILES string of the molecule is O=Cc1c(N2CCCCC2)ccc2c(CCC3CCN(C(=O)O)CC3)noc12. The fourth-order valence-electron chi connectivity index (χ4n) is 4.52. The first-order chi connectivity index (χ1) is 13.7. The topological polar surface area (TPSA) is 86.9 Å². The zero-order chi connectivity index (χ0) is 19.5. The van der Waals surface area contributed by atoms with Crippen LogP contribution < -0.4 is 4.90 Å². The van der Waals surface area contributed by atoms with E-state index < -0.39 is 6.09 Å². The number of amides is 1. The number of hydrogen-bond donors (Lipinski definition) is 1. The molecule has 2 aromatic rings.